The van der Waals surface area contributed by atoms with Gasteiger partial charge in [-0.15, -0.1) is 0 Å². The maximum atomic E-state index is 12.7. The SMILES string of the molecule is COC(=O)[C@]1(OC2=CCC(=S)C=C2)CCCN1C(=O)OCc1ccccc1. The first-order chi connectivity index (χ1) is 13.0. The lowest BCUT2D eigenvalue weighted by Crippen LogP contribution is -2.55. The van der Waals surface area contributed by atoms with E-state index in [-0.39, 0.29) is 6.61 Å². The Labute approximate surface area is 163 Å². The summed E-state index contributed by atoms with van der Waals surface area (Å²) in [4.78, 5) is 27.4. The van der Waals surface area contributed by atoms with Gasteiger partial charge >= 0.3 is 12.1 Å². The molecule has 2 aliphatic rings. The lowest BCUT2D eigenvalue weighted by atomic mass is 10.1. The second kappa shape index (κ2) is 8.35. The number of carbonyl (C=O) groups excluding carboxylic acids is 2. The lowest BCUT2D eigenvalue weighted by molar-refractivity contribution is -0.180. The van der Waals surface area contributed by atoms with Crippen molar-refractivity contribution < 1.29 is 23.8 Å². The molecule has 0 aromatic heterocycles. The molecule has 6 nitrogen and oxygen atoms in total. The molecular weight excluding hydrogens is 366 g/mol. The largest absolute Gasteiger partial charge is 0.465 e. The molecule has 1 aliphatic heterocycles. The number of methoxy groups -OCH3 is 1. The summed E-state index contributed by atoms with van der Waals surface area (Å²) in [6.07, 6.45) is 6.11. The summed E-state index contributed by atoms with van der Waals surface area (Å²) in [7, 11) is 1.28. The Morgan fingerprint density at radius 3 is 2.67 bits per heavy atom. The summed E-state index contributed by atoms with van der Waals surface area (Å²) >= 11 is 5.13. The molecule has 0 bridgehead atoms. The molecule has 1 aliphatic carbocycles. The molecule has 0 saturated carbocycles. The average Bonchev–Trinajstić information content (AvgIpc) is 3.13. The molecule has 3 rings (SSSR count). The van der Waals surface area contributed by atoms with E-state index < -0.39 is 17.8 Å². The highest BCUT2D eigenvalue weighted by Crippen LogP contribution is 2.35. The monoisotopic (exact) mass is 387 g/mol. The van der Waals surface area contributed by atoms with E-state index in [1.807, 2.05) is 30.3 Å². The van der Waals surface area contributed by atoms with E-state index in [2.05, 4.69) is 0 Å². The quantitative estimate of drug-likeness (QED) is 0.569. The molecule has 1 aromatic rings. The van der Waals surface area contributed by atoms with Gasteiger partial charge in [-0.2, -0.15) is 0 Å². The van der Waals surface area contributed by atoms with Crippen LogP contribution in [0.1, 0.15) is 24.8 Å². The highest BCUT2D eigenvalue weighted by molar-refractivity contribution is 7.80. The van der Waals surface area contributed by atoms with Crippen LogP contribution in [-0.2, 0) is 25.6 Å². The standard InChI is InChI=1S/C20H21NO5S/c1-24-18(22)20(26-16-8-10-17(27)11-9-16)12-5-13-21(20)19(23)25-14-15-6-3-2-4-7-15/h2-4,6-10H,5,11-14H2,1H3/t20-/m1/s1. The van der Waals surface area contributed by atoms with E-state index >= 15 is 0 Å². The molecule has 7 heteroatoms. The van der Waals surface area contributed by atoms with Gasteiger partial charge in [0, 0.05) is 24.3 Å². The fraction of sp³-hybridized carbons (Fsp3) is 0.350. The molecule has 0 radical (unpaired) electrons. The van der Waals surface area contributed by atoms with Crippen LogP contribution in [0, 0.1) is 0 Å². The lowest BCUT2D eigenvalue weighted by Gasteiger charge is -2.35. The number of esters is 1. The Kier molecular flexibility index (Phi) is 5.91. The number of carbonyl (C=O) groups is 2. The zero-order chi connectivity index (χ0) is 19.3. The van der Waals surface area contributed by atoms with E-state index in [0.717, 1.165) is 10.4 Å². The molecule has 0 N–H and O–H groups in total. The van der Waals surface area contributed by atoms with Gasteiger partial charge in [0.2, 0.25) is 0 Å². The summed E-state index contributed by atoms with van der Waals surface area (Å²) in [5.41, 5.74) is -0.668. The molecule has 1 fully saturated rings. The number of ether oxygens (including phenoxy) is 3. The van der Waals surface area contributed by atoms with E-state index in [4.69, 9.17) is 26.4 Å². The number of hydrogen-bond donors (Lipinski definition) is 0. The van der Waals surface area contributed by atoms with Gasteiger partial charge in [0.15, 0.2) is 0 Å². The molecule has 0 unspecified atom stereocenters. The number of nitrogens with zero attached hydrogens (tertiary/aromatic N) is 1. The Hall–Kier alpha value is -2.67. The van der Waals surface area contributed by atoms with Crippen molar-refractivity contribution in [2.24, 2.45) is 0 Å². The second-order valence-electron chi connectivity index (χ2n) is 6.28. The number of likely N-dealkylation sites (tertiary alicyclic amines) is 1. The van der Waals surface area contributed by atoms with Crippen LogP contribution >= 0.6 is 12.2 Å². The van der Waals surface area contributed by atoms with Crippen molar-refractivity contribution in [2.75, 3.05) is 13.7 Å². The van der Waals surface area contributed by atoms with E-state index in [9.17, 15) is 9.59 Å². The molecule has 1 atom stereocenters. The van der Waals surface area contributed by atoms with E-state index in [1.54, 1.807) is 18.2 Å². The van der Waals surface area contributed by atoms with Crippen LogP contribution in [0.15, 0.2) is 54.3 Å². The van der Waals surface area contributed by atoms with Gasteiger partial charge < -0.3 is 14.2 Å². The Balaban J connectivity index is 1.77. The third kappa shape index (κ3) is 4.19. The van der Waals surface area contributed by atoms with Crippen LogP contribution in [0.4, 0.5) is 4.79 Å². The minimum absolute atomic E-state index is 0.115. The summed E-state index contributed by atoms with van der Waals surface area (Å²) in [5.74, 6) is -0.143. The highest BCUT2D eigenvalue weighted by Gasteiger charge is 2.54. The fourth-order valence-corrected chi connectivity index (χ4v) is 3.28. The van der Waals surface area contributed by atoms with E-state index in [1.165, 1.54) is 12.0 Å². The van der Waals surface area contributed by atoms with Crippen LogP contribution < -0.4 is 0 Å². The molecule has 27 heavy (non-hydrogen) atoms. The molecular formula is C20H21NO5S. The maximum Gasteiger partial charge on any atom is 0.413 e. The zero-order valence-electron chi connectivity index (χ0n) is 15.1. The van der Waals surface area contributed by atoms with Crippen molar-refractivity contribution in [1.82, 2.24) is 4.90 Å². The topological polar surface area (TPSA) is 65.1 Å². The summed E-state index contributed by atoms with van der Waals surface area (Å²) in [5, 5.41) is 0. The highest BCUT2D eigenvalue weighted by atomic mass is 32.1. The number of amides is 1. The molecule has 0 spiro atoms. The van der Waals surface area contributed by atoms with Crippen molar-refractivity contribution >= 4 is 29.1 Å². The van der Waals surface area contributed by atoms with Gasteiger partial charge in [-0.3, -0.25) is 4.90 Å². The number of allylic oxidation sites excluding steroid dienone is 3. The zero-order valence-corrected chi connectivity index (χ0v) is 15.9. The van der Waals surface area contributed by atoms with Crippen molar-refractivity contribution in [3.8, 4) is 0 Å². The number of rotatable bonds is 5. The molecule has 1 aromatic carbocycles. The number of hydrogen-bond acceptors (Lipinski definition) is 6. The predicted molar refractivity (Wildman–Crippen MR) is 103 cm³/mol. The first-order valence-corrected chi connectivity index (χ1v) is 9.13. The predicted octanol–water partition coefficient (Wildman–Crippen LogP) is 3.52. The van der Waals surface area contributed by atoms with Crippen LogP contribution in [0.2, 0.25) is 0 Å². The summed E-state index contributed by atoms with van der Waals surface area (Å²) in [6, 6.07) is 9.35. The Morgan fingerprint density at radius 1 is 1.22 bits per heavy atom. The number of benzene rings is 1. The van der Waals surface area contributed by atoms with Gasteiger partial charge in [0.05, 0.1) is 7.11 Å². The van der Waals surface area contributed by atoms with Crippen LogP contribution in [0.25, 0.3) is 0 Å². The molecule has 1 amide bonds. The smallest absolute Gasteiger partial charge is 0.413 e. The number of thiocarbonyl (C=S) groups is 1. The normalized spacial score (nSPS) is 21.6. The Morgan fingerprint density at radius 2 is 2.00 bits per heavy atom. The van der Waals surface area contributed by atoms with Gasteiger partial charge in [-0.1, -0.05) is 42.5 Å². The van der Waals surface area contributed by atoms with Gasteiger partial charge in [0.25, 0.3) is 5.72 Å². The second-order valence-corrected chi connectivity index (χ2v) is 6.81. The minimum atomic E-state index is -1.53. The summed E-state index contributed by atoms with van der Waals surface area (Å²) in [6.45, 7) is 0.461. The van der Waals surface area contributed by atoms with Crippen molar-refractivity contribution in [3.05, 3.63) is 59.9 Å². The first-order valence-electron chi connectivity index (χ1n) is 8.72. The van der Waals surface area contributed by atoms with Crippen molar-refractivity contribution in [1.29, 1.82) is 0 Å². The third-order valence-corrected chi connectivity index (χ3v) is 4.79. The molecule has 142 valence electrons. The van der Waals surface area contributed by atoms with Crippen LogP contribution in [0.3, 0.4) is 0 Å². The maximum absolute atomic E-state index is 12.7. The minimum Gasteiger partial charge on any atom is -0.465 e. The van der Waals surface area contributed by atoms with Gasteiger partial charge in [0.1, 0.15) is 12.4 Å². The van der Waals surface area contributed by atoms with Gasteiger partial charge in [-0.25, -0.2) is 9.59 Å². The molecule has 1 saturated heterocycles. The van der Waals surface area contributed by atoms with E-state index in [0.29, 0.717) is 31.6 Å². The van der Waals surface area contributed by atoms with Gasteiger partial charge in [-0.05, 0) is 30.2 Å². The van der Waals surface area contributed by atoms with Crippen molar-refractivity contribution in [2.45, 2.75) is 31.6 Å². The third-order valence-electron chi connectivity index (χ3n) is 4.49. The first kappa shape index (κ1) is 19.1. The Bertz CT molecular complexity index is 789. The van der Waals surface area contributed by atoms with Crippen LogP contribution in [-0.4, -0.2) is 41.2 Å². The fourth-order valence-electron chi connectivity index (χ4n) is 3.13. The average molecular weight is 387 g/mol. The molecule has 1 heterocycles. The van der Waals surface area contributed by atoms with Crippen molar-refractivity contribution in [3.63, 3.8) is 0 Å². The van der Waals surface area contributed by atoms with Crippen LogP contribution in [0.5, 0.6) is 0 Å². The summed E-state index contributed by atoms with van der Waals surface area (Å²) < 4.78 is 16.4.